The number of imidazole rings is 1. The first-order valence-corrected chi connectivity index (χ1v) is 11.4. The standard InChI is InChI=1S/C22H21N7O2S/c1-31-17-5-3-2-4-15(17)20(30)25-18-22(28-10-16(23-11-28)13-6-7-13)32-21(26-18)19-27-24-12-29(19)14-8-9-14/h2-5,10-14H,6-9H2,1H3,(H,25,30). The van der Waals surface area contributed by atoms with Crippen molar-refractivity contribution in [1.82, 2.24) is 29.3 Å². The van der Waals surface area contributed by atoms with Crippen LogP contribution in [0.4, 0.5) is 5.82 Å². The second-order valence-corrected chi connectivity index (χ2v) is 9.08. The van der Waals surface area contributed by atoms with Crippen molar-refractivity contribution < 1.29 is 9.53 Å². The maximum Gasteiger partial charge on any atom is 0.260 e. The van der Waals surface area contributed by atoms with Gasteiger partial charge in [-0.1, -0.05) is 23.5 Å². The Labute approximate surface area is 188 Å². The molecule has 4 aromatic rings. The number of benzene rings is 1. The minimum Gasteiger partial charge on any atom is -0.496 e. The summed E-state index contributed by atoms with van der Waals surface area (Å²) in [5, 5.41) is 12.9. The van der Waals surface area contributed by atoms with Crippen LogP contribution in [0, 0.1) is 0 Å². The Balaban J connectivity index is 1.40. The number of anilines is 1. The van der Waals surface area contributed by atoms with E-state index in [4.69, 9.17) is 9.72 Å². The highest BCUT2D eigenvalue weighted by Crippen LogP contribution is 2.42. The summed E-state index contributed by atoms with van der Waals surface area (Å²) >= 11 is 1.46. The van der Waals surface area contributed by atoms with E-state index in [0.29, 0.717) is 34.1 Å². The van der Waals surface area contributed by atoms with Crippen LogP contribution in [-0.4, -0.2) is 42.3 Å². The SMILES string of the molecule is COc1ccccc1C(=O)Nc1nc(-c2nncn2C2CC2)sc1-n1cnc(C2CC2)c1. The molecule has 2 aliphatic rings. The van der Waals surface area contributed by atoms with E-state index in [1.807, 2.05) is 16.8 Å². The zero-order chi connectivity index (χ0) is 21.7. The highest BCUT2D eigenvalue weighted by atomic mass is 32.1. The van der Waals surface area contributed by atoms with Gasteiger partial charge in [-0.05, 0) is 37.8 Å². The maximum absolute atomic E-state index is 13.1. The number of carbonyl (C=O) groups is 1. The third kappa shape index (κ3) is 3.46. The van der Waals surface area contributed by atoms with E-state index >= 15 is 0 Å². The van der Waals surface area contributed by atoms with Gasteiger partial charge in [0.1, 0.15) is 23.4 Å². The predicted molar refractivity (Wildman–Crippen MR) is 119 cm³/mol. The summed E-state index contributed by atoms with van der Waals surface area (Å²) in [4.78, 5) is 22.4. The molecule has 32 heavy (non-hydrogen) atoms. The van der Waals surface area contributed by atoms with E-state index in [9.17, 15) is 4.79 Å². The molecule has 162 valence electrons. The molecular weight excluding hydrogens is 426 g/mol. The van der Waals surface area contributed by atoms with Gasteiger partial charge in [0.15, 0.2) is 16.6 Å². The number of ether oxygens (including phenoxy) is 1. The number of aromatic nitrogens is 6. The minimum absolute atomic E-state index is 0.285. The Morgan fingerprint density at radius 3 is 2.81 bits per heavy atom. The molecule has 1 N–H and O–H groups in total. The lowest BCUT2D eigenvalue weighted by Gasteiger charge is -2.09. The van der Waals surface area contributed by atoms with Crippen LogP contribution in [0.3, 0.4) is 0 Å². The second kappa shape index (κ2) is 7.56. The van der Waals surface area contributed by atoms with Gasteiger partial charge in [0, 0.05) is 18.2 Å². The molecule has 0 bridgehead atoms. The molecular formula is C22H21N7O2S. The topological polar surface area (TPSA) is 99.8 Å². The number of para-hydroxylation sites is 1. The molecule has 0 aliphatic heterocycles. The number of hydrogen-bond donors (Lipinski definition) is 1. The molecule has 0 atom stereocenters. The van der Waals surface area contributed by atoms with Gasteiger partial charge in [0.25, 0.3) is 5.91 Å². The van der Waals surface area contributed by atoms with Crippen molar-refractivity contribution in [2.24, 2.45) is 0 Å². The zero-order valence-electron chi connectivity index (χ0n) is 17.4. The molecule has 2 aliphatic carbocycles. The predicted octanol–water partition coefficient (Wildman–Crippen LogP) is 4.06. The molecule has 3 heterocycles. The van der Waals surface area contributed by atoms with Crippen LogP contribution in [0.1, 0.15) is 53.7 Å². The lowest BCUT2D eigenvalue weighted by atomic mass is 10.2. The van der Waals surface area contributed by atoms with E-state index in [1.165, 1.54) is 24.2 Å². The van der Waals surface area contributed by atoms with Gasteiger partial charge in [-0.15, -0.1) is 10.2 Å². The number of carbonyl (C=O) groups excluding carboxylic acids is 1. The fourth-order valence-electron chi connectivity index (χ4n) is 3.73. The van der Waals surface area contributed by atoms with Crippen LogP contribution >= 0.6 is 11.3 Å². The van der Waals surface area contributed by atoms with E-state index in [2.05, 4.69) is 25.1 Å². The van der Waals surface area contributed by atoms with E-state index in [0.717, 1.165) is 29.4 Å². The van der Waals surface area contributed by atoms with Gasteiger partial charge < -0.3 is 14.6 Å². The van der Waals surface area contributed by atoms with Gasteiger partial charge in [-0.3, -0.25) is 9.36 Å². The van der Waals surface area contributed by atoms with Crippen LogP contribution in [0.25, 0.3) is 15.8 Å². The number of nitrogens with zero attached hydrogens (tertiary/aromatic N) is 6. The summed E-state index contributed by atoms with van der Waals surface area (Å²) in [5.41, 5.74) is 1.52. The van der Waals surface area contributed by atoms with Crippen molar-refractivity contribution in [3.05, 3.63) is 54.4 Å². The van der Waals surface area contributed by atoms with Crippen molar-refractivity contribution in [3.8, 4) is 21.6 Å². The average Bonchev–Trinajstić information content (AvgIpc) is 3.70. The van der Waals surface area contributed by atoms with Crippen LogP contribution in [0.2, 0.25) is 0 Å². The number of hydrogen-bond acceptors (Lipinski definition) is 7. The first kappa shape index (κ1) is 19.2. The number of methoxy groups -OCH3 is 1. The van der Waals surface area contributed by atoms with E-state index in [-0.39, 0.29) is 5.91 Å². The summed E-state index contributed by atoms with van der Waals surface area (Å²) in [6, 6.07) is 7.55. The number of rotatable bonds is 7. The third-order valence-electron chi connectivity index (χ3n) is 5.73. The first-order valence-electron chi connectivity index (χ1n) is 10.6. The van der Waals surface area contributed by atoms with Crippen LogP contribution in [-0.2, 0) is 0 Å². The summed E-state index contributed by atoms with van der Waals surface area (Å²) in [5.74, 6) is 1.94. The molecule has 0 unspecified atom stereocenters. The van der Waals surface area contributed by atoms with Crippen molar-refractivity contribution in [3.63, 3.8) is 0 Å². The number of amides is 1. The Morgan fingerprint density at radius 1 is 1.19 bits per heavy atom. The fraction of sp³-hybridized carbons (Fsp3) is 0.318. The number of nitrogens with one attached hydrogen (secondary N) is 1. The van der Waals surface area contributed by atoms with Gasteiger partial charge in [-0.2, -0.15) is 0 Å². The monoisotopic (exact) mass is 447 g/mol. The summed E-state index contributed by atoms with van der Waals surface area (Å²) in [6.45, 7) is 0. The summed E-state index contributed by atoms with van der Waals surface area (Å²) in [7, 11) is 1.55. The van der Waals surface area contributed by atoms with Crippen molar-refractivity contribution in [2.45, 2.75) is 37.6 Å². The van der Waals surface area contributed by atoms with Crippen molar-refractivity contribution in [1.29, 1.82) is 0 Å². The molecule has 10 heteroatoms. The fourth-order valence-corrected chi connectivity index (χ4v) is 4.68. The molecule has 2 saturated carbocycles. The van der Waals surface area contributed by atoms with E-state index < -0.39 is 0 Å². The molecule has 6 rings (SSSR count). The normalized spacial score (nSPS) is 15.7. The number of thiazole rings is 1. The molecule has 9 nitrogen and oxygen atoms in total. The molecule has 2 fully saturated rings. The molecule has 0 saturated heterocycles. The molecule has 0 spiro atoms. The average molecular weight is 448 g/mol. The lowest BCUT2D eigenvalue weighted by Crippen LogP contribution is -2.14. The van der Waals surface area contributed by atoms with Gasteiger partial charge in [0.05, 0.1) is 18.4 Å². The van der Waals surface area contributed by atoms with Crippen molar-refractivity contribution in [2.75, 3.05) is 12.4 Å². The highest BCUT2D eigenvalue weighted by Gasteiger charge is 2.30. The van der Waals surface area contributed by atoms with Crippen molar-refractivity contribution >= 4 is 23.1 Å². The van der Waals surface area contributed by atoms with Crippen LogP contribution in [0.5, 0.6) is 5.75 Å². The van der Waals surface area contributed by atoms with Gasteiger partial charge >= 0.3 is 0 Å². The summed E-state index contributed by atoms with van der Waals surface area (Å²) < 4.78 is 9.36. The third-order valence-corrected chi connectivity index (χ3v) is 6.79. The lowest BCUT2D eigenvalue weighted by molar-refractivity contribution is 0.102. The molecule has 3 aromatic heterocycles. The van der Waals surface area contributed by atoms with E-state index in [1.54, 1.807) is 38.0 Å². The maximum atomic E-state index is 13.1. The van der Waals surface area contributed by atoms with Crippen LogP contribution < -0.4 is 10.1 Å². The molecule has 1 amide bonds. The Hall–Kier alpha value is -3.53. The highest BCUT2D eigenvalue weighted by molar-refractivity contribution is 7.18. The van der Waals surface area contributed by atoms with Crippen LogP contribution in [0.15, 0.2) is 43.1 Å². The quantitative estimate of drug-likeness (QED) is 0.459. The minimum atomic E-state index is -0.285. The largest absolute Gasteiger partial charge is 0.496 e. The Morgan fingerprint density at radius 2 is 2.03 bits per heavy atom. The summed E-state index contributed by atoms with van der Waals surface area (Å²) in [6.07, 6.45) is 10.2. The Kier molecular flexibility index (Phi) is 4.53. The first-order chi connectivity index (χ1) is 15.7. The molecule has 0 radical (unpaired) electrons. The Bertz CT molecular complexity index is 1300. The smallest absolute Gasteiger partial charge is 0.260 e. The second-order valence-electron chi connectivity index (χ2n) is 8.10. The van der Waals surface area contributed by atoms with Gasteiger partial charge in [-0.25, -0.2) is 9.97 Å². The molecule has 1 aromatic carbocycles. The van der Waals surface area contributed by atoms with Gasteiger partial charge in [0.2, 0.25) is 0 Å². The zero-order valence-corrected chi connectivity index (χ0v) is 18.2.